The summed E-state index contributed by atoms with van der Waals surface area (Å²) in [5.74, 6) is -1.08. The Morgan fingerprint density at radius 1 is 1.12 bits per heavy atom. The molecule has 0 atom stereocenters. The van der Waals surface area contributed by atoms with E-state index in [1.54, 1.807) is 12.0 Å². The number of nitrogens with one attached hydrogen (secondary N) is 1. The Hall–Kier alpha value is -3.65. The molecule has 0 fully saturated rings. The first kappa shape index (κ1) is 23.5. The summed E-state index contributed by atoms with van der Waals surface area (Å²) in [5.41, 5.74) is 3.13. The number of carbonyl (C=O) groups is 1. The van der Waals surface area contributed by atoms with Crippen LogP contribution in [0.3, 0.4) is 0 Å². The summed E-state index contributed by atoms with van der Waals surface area (Å²) in [7, 11) is 1.63. The van der Waals surface area contributed by atoms with Gasteiger partial charge in [-0.3, -0.25) is 4.79 Å². The fourth-order valence-corrected chi connectivity index (χ4v) is 3.99. The smallest absolute Gasteiger partial charge is 0.264 e. The monoisotopic (exact) mass is 468 g/mol. The normalized spacial score (nSPS) is 12.6. The SMILES string of the molecule is COCCNc1cccc2c1CN(C(=O)c1c(O)cc(C(F)F)cc1OCc1ccccc1)C2. The largest absolute Gasteiger partial charge is 0.507 e. The van der Waals surface area contributed by atoms with E-state index in [4.69, 9.17) is 9.47 Å². The lowest BCUT2D eigenvalue weighted by Crippen LogP contribution is -2.26. The van der Waals surface area contributed by atoms with Crippen molar-refractivity contribution in [2.24, 2.45) is 0 Å². The quantitative estimate of drug-likeness (QED) is 0.427. The van der Waals surface area contributed by atoms with Crippen molar-refractivity contribution in [3.05, 3.63) is 88.5 Å². The number of alkyl halides is 2. The maximum Gasteiger partial charge on any atom is 0.264 e. The molecule has 0 aromatic heterocycles. The zero-order valence-electron chi connectivity index (χ0n) is 18.8. The molecule has 1 amide bonds. The van der Waals surface area contributed by atoms with Crippen LogP contribution in [0.1, 0.15) is 39.0 Å². The lowest BCUT2D eigenvalue weighted by Gasteiger charge is -2.20. The molecule has 4 rings (SSSR count). The van der Waals surface area contributed by atoms with Crippen molar-refractivity contribution in [2.45, 2.75) is 26.1 Å². The standard InChI is InChI=1S/C26H26F2N2O4/c1-33-11-10-29-21-9-5-8-18-14-30(15-20(18)21)26(32)24-22(31)12-19(25(27)28)13-23(24)34-16-17-6-3-2-4-7-17/h2-9,12-13,25,29,31H,10-11,14-16H2,1H3. The molecule has 0 spiro atoms. The maximum absolute atomic E-state index is 13.5. The Kier molecular flexibility index (Phi) is 7.27. The van der Waals surface area contributed by atoms with E-state index in [9.17, 15) is 18.7 Å². The molecule has 0 aliphatic carbocycles. The number of halogens is 2. The molecule has 34 heavy (non-hydrogen) atoms. The van der Waals surface area contributed by atoms with Crippen LogP contribution in [0.5, 0.6) is 11.5 Å². The molecule has 178 valence electrons. The van der Waals surface area contributed by atoms with Crippen molar-refractivity contribution in [1.29, 1.82) is 0 Å². The first-order valence-corrected chi connectivity index (χ1v) is 10.9. The predicted octanol–water partition coefficient (Wildman–Crippen LogP) is 5.12. The van der Waals surface area contributed by atoms with E-state index < -0.39 is 23.6 Å². The second-order valence-electron chi connectivity index (χ2n) is 8.01. The van der Waals surface area contributed by atoms with Crippen LogP contribution >= 0.6 is 0 Å². The molecule has 0 bridgehead atoms. The van der Waals surface area contributed by atoms with Crippen molar-refractivity contribution in [3.8, 4) is 11.5 Å². The molecule has 8 heteroatoms. The zero-order chi connectivity index (χ0) is 24.1. The molecule has 3 aromatic carbocycles. The highest BCUT2D eigenvalue weighted by molar-refractivity contribution is 6.00. The third-order valence-corrected chi connectivity index (χ3v) is 5.70. The van der Waals surface area contributed by atoms with Gasteiger partial charge in [-0.1, -0.05) is 42.5 Å². The van der Waals surface area contributed by atoms with E-state index in [1.807, 2.05) is 48.5 Å². The van der Waals surface area contributed by atoms with Crippen molar-refractivity contribution in [1.82, 2.24) is 4.90 Å². The number of fused-ring (bicyclic) bond motifs is 1. The van der Waals surface area contributed by atoms with Crippen molar-refractivity contribution >= 4 is 11.6 Å². The van der Waals surface area contributed by atoms with Gasteiger partial charge in [0.25, 0.3) is 12.3 Å². The van der Waals surface area contributed by atoms with Crippen LogP contribution in [-0.2, 0) is 24.4 Å². The fourth-order valence-electron chi connectivity index (χ4n) is 3.99. The van der Waals surface area contributed by atoms with Crippen LogP contribution in [0.25, 0.3) is 0 Å². The van der Waals surface area contributed by atoms with Crippen LogP contribution in [0.15, 0.2) is 60.7 Å². The molecule has 2 N–H and O–H groups in total. The number of anilines is 1. The summed E-state index contributed by atoms with van der Waals surface area (Å²) in [6, 6.07) is 17.0. The molecule has 3 aromatic rings. The van der Waals surface area contributed by atoms with Gasteiger partial charge in [-0.25, -0.2) is 8.78 Å². The Balaban J connectivity index is 1.60. The van der Waals surface area contributed by atoms with Gasteiger partial charge in [0.05, 0.1) is 6.61 Å². The highest BCUT2D eigenvalue weighted by atomic mass is 19.3. The molecular weight excluding hydrogens is 442 g/mol. The highest BCUT2D eigenvalue weighted by Gasteiger charge is 2.31. The molecule has 1 aliphatic heterocycles. The number of ether oxygens (including phenoxy) is 2. The van der Waals surface area contributed by atoms with Gasteiger partial charge in [0.2, 0.25) is 0 Å². The summed E-state index contributed by atoms with van der Waals surface area (Å²) < 4.78 is 37.7. The number of methoxy groups -OCH3 is 1. The number of phenolic OH excluding ortho intramolecular Hbond substituents is 1. The molecule has 1 aliphatic rings. The number of nitrogens with zero attached hydrogens (tertiary/aromatic N) is 1. The Morgan fingerprint density at radius 2 is 1.91 bits per heavy atom. The Bertz CT molecular complexity index is 1160. The van der Waals surface area contributed by atoms with Gasteiger partial charge in [0, 0.05) is 38.0 Å². The predicted molar refractivity (Wildman–Crippen MR) is 124 cm³/mol. The third kappa shape index (κ3) is 5.12. The van der Waals surface area contributed by atoms with E-state index in [0.717, 1.165) is 34.5 Å². The van der Waals surface area contributed by atoms with Gasteiger partial charge in [-0.15, -0.1) is 0 Å². The van der Waals surface area contributed by atoms with Gasteiger partial charge >= 0.3 is 0 Å². The number of rotatable bonds is 9. The Labute approximate surface area is 196 Å². The number of phenols is 1. The summed E-state index contributed by atoms with van der Waals surface area (Å²) in [5, 5.41) is 13.9. The van der Waals surface area contributed by atoms with Crippen molar-refractivity contribution in [2.75, 3.05) is 25.6 Å². The van der Waals surface area contributed by atoms with Crippen molar-refractivity contribution in [3.63, 3.8) is 0 Å². The molecule has 6 nitrogen and oxygen atoms in total. The minimum absolute atomic E-state index is 0.0705. The average Bonchev–Trinajstić information content (AvgIpc) is 3.28. The van der Waals surface area contributed by atoms with Crippen molar-refractivity contribution < 1.29 is 28.2 Å². The second-order valence-corrected chi connectivity index (χ2v) is 8.01. The molecule has 0 saturated carbocycles. The van der Waals surface area contributed by atoms with Crippen LogP contribution in [0, 0.1) is 0 Å². The second kappa shape index (κ2) is 10.5. The van der Waals surface area contributed by atoms with Gasteiger partial charge in [0.15, 0.2) is 0 Å². The van der Waals surface area contributed by atoms with Crippen LogP contribution in [0.4, 0.5) is 14.5 Å². The maximum atomic E-state index is 13.5. The first-order valence-electron chi connectivity index (χ1n) is 10.9. The number of aromatic hydroxyl groups is 1. The van der Waals surface area contributed by atoms with Gasteiger partial charge < -0.3 is 24.8 Å². The number of benzene rings is 3. The summed E-state index contributed by atoms with van der Waals surface area (Å²) in [4.78, 5) is 15.0. The summed E-state index contributed by atoms with van der Waals surface area (Å²) in [6.07, 6.45) is -2.81. The van der Waals surface area contributed by atoms with Crippen LogP contribution in [0.2, 0.25) is 0 Å². The lowest BCUT2D eigenvalue weighted by molar-refractivity contribution is 0.0742. The van der Waals surface area contributed by atoms with E-state index in [2.05, 4.69) is 5.32 Å². The average molecular weight is 469 g/mol. The number of hydrogen-bond acceptors (Lipinski definition) is 5. The number of carbonyl (C=O) groups excluding carboxylic acids is 1. The van der Waals surface area contributed by atoms with E-state index in [1.165, 1.54) is 0 Å². The lowest BCUT2D eigenvalue weighted by atomic mass is 10.1. The minimum Gasteiger partial charge on any atom is -0.507 e. The van der Waals surface area contributed by atoms with Crippen LogP contribution < -0.4 is 10.1 Å². The summed E-state index contributed by atoms with van der Waals surface area (Å²) in [6.45, 7) is 1.88. The third-order valence-electron chi connectivity index (χ3n) is 5.70. The highest BCUT2D eigenvalue weighted by Crippen LogP contribution is 2.38. The fraction of sp³-hybridized carbons (Fsp3) is 0.269. The van der Waals surface area contributed by atoms with Gasteiger partial charge in [0.1, 0.15) is 23.7 Å². The number of hydrogen-bond donors (Lipinski definition) is 2. The zero-order valence-corrected chi connectivity index (χ0v) is 18.8. The molecule has 0 radical (unpaired) electrons. The molecule has 0 unspecified atom stereocenters. The van der Waals surface area contributed by atoms with E-state index in [-0.39, 0.29) is 17.9 Å². The minimum atomic E-state index is -2.81. The number of amides is 1. The topological polar surface area (TPSA) is 71.0 Å². The van der Waals surface area contributed by atoms with E-state index >= 15 is 0 Å². The Morgan fingerprint density at radius 3 is 2.65 bits per heavy atom. The van der Waals surface area contributed by atoms with Gasteiger partial charge in [-0.05, 0) is 34.9 Å². The summed E-state index contributed by atoms with van der Waals surface area (Å²) >= 11 is 0. The molecular formula is C26H26F2N2O4. The molecule has 0 saturated heterocycles. The van der Waals surface area contributed by atoms with E-state index in [0.29, 0.717) is 26.2 Å². The van der Waals surface area contributed by atoms with Gasteiger partial charge in [-0.2, -0.15) is 0 Å². The molecule has 1 heterocycles. The van der Waals surface area contributed by atoms with Crippen LogP contribution in [-0.4, -0.2) is 36.2 Å². The first-order chi connectivity index (χ1) is 16.5.